The molecule has 0 aromatic heterocycles. The lowest BCUT2D eigenvalue weighted by Crippen LogP contribution is -2.45. The van der Waals surface area contributed by atoms with Crippen molar-refractivity contribution in [2.24, 2.45) is 29.1 Å². The third-order valence-corrected chi connectivity index (χ3v) is 7.68. The van der Waals surface area contributed by atoms with Gasteiger partial charge in [0.25, 0.3) is 0 Å². The Hall–Kier alpha value is -0.600. The number of hydrogen-bond acceptors (Lipinski definition) is 2. The summed E-state index contributed by atoms with van der Waals surface area (Å²) in [7, 11) is 0. The van der Waals surface area contributed by atoms with Crippen LogP contribution in [0.4, 0.5) is 0 Å². The molecule has 0 heterocycles. The second-order valence-corrected chi connectivity index (χ2v) is 9.40. The van der Waals surface area contributed by atoms with Crippen molar-refractivity contribution < 1.29 is 5.11 Å². The lowest BCUT2D eigenvalue weighted by atomic mass is 9.80. The highest BCUT2D eigenvalue weighted by Gasteiger charge is 2.63. The van der Waals surface area contributed by atoms with E-state index >= 15 is 0 Å². The van der Waals surface area contributed by atoms with Gasteiger partial charge in [-0.3, -0.25) is 0 Å². The first-order valence-electron chi connectivity index (χ1n) is 10.3. The molecular formula is C22H35NO. The second-order valence-electron chi connectivity index (χ2n) is 9.40. The largest absolute Gasteiger partial charge is 0.389 e. The fourth-order valence-corrected chi connectivity index (χ4v) is 5.16. The fraction of sp³-hybridized carbons (Fsp3) is 0.818. The summed E-state index contributed by atoms with van der Waals surface area (Å²) >= 11 is 0. The van der Waals surface area contributed by atoms with Gasteiger partial charge in [0.1, 0.15) is 0 Å². The van der Waals surface area contributed by atoms with E-state index in [-0.39, 0.29) is 5.41 Å². The van der Waals surface area contributed by atoms with Crippen LogP contribution >= 0.6 is 0 Å². The Kier molecular flexibility index (Phi) is 4.20. The number of aliphatic hydroxyl groups is 1. The molecule has 0 radical (unpaired) electrons. The van der Waals surface area contributed by atoms with Crippen molar-refractivity contribution >= 4 is 0 Å². The van der Waals surface area contributed by atoms with Gasteiger partial charge in [0.05, 0.1) is 5.60 Å². The third-order valence-electron chi connectivity index (χ3n) is 7.68. The fourth-order valence-electron chi connectivity index (χ4n) is 5.16. The minimum Gasteiger partial charge on any atom is -0.389 e. The Labute approximate surface area is 147 Å². The summed E-state index contributed by atoms with van der Waals surface area (Å²) in [6.07, 6.45) is 13.7. The minimum absolute atomic E-state index is 0.148. The van der Waals surface area contributed by atoms with Crippen LogP contribution in [0.1, 0.15) is 65.7 Å². The van der Waals surface area contributed by atoms with Crippen molar-refractivity contribution in [2.75, 3.05) is 13.1 Å². The molecule has 0 aromatic carbocycles. The summed E-state index contributed by atoms with van der Waals surface area (Å²) < 4.78 is 0. The maximum atomic E-state index is 11.2. The van der Waals surface area contributed by atoms with Gasteiger partial charge in [0.15, 0.2) is 0 Å². The van der Waals surface area contributed by atoms with Crippen LogP contribution in [0.15, 0.2) is 23.3 Å². The van der Waals surface area contributed by atoms with Gasteiger partial charge in [-0.15, -0.1) is 0 Å². The van der Waals surface area contributed by atoms with Crippen LogP contribution in [0, 0.1) is 29.1 Å². The summed E-state index contributed by atoms with van der Waals surface area (Å²) in [5.74, 6) is 2.91. The zero-order valence-corrected chi connectivity index (χ0v) is 15.8. The van der Waals surface area contributed by atoms with E-state index < -0.39 is 5.60 Å². The van der Waals surface area contributed by atoms with Gasteiger partial charge in [-0.1, -0.05) is 43.6 Å². The molecule has 4 aliphatic rings. The average molecular weight is 330 g/mol. The molecule has 4 aliphatic carbocycles. The molecule has 2 nitrogen and oxygen atoms in total. The van der Waals surface area contributed by atoms with Crippen LogP contribution in [-0.2, 0) is 0 Å². The first kappa shape index (κ1) is 16.8. The monoisotopic (exact) mass is 329 g/mol. The van der Waals surface area contributed by atoms with E-state index in [2.05, 4.69) is 38.2 Å². The molecule has 4 atom stereocenters. The molecule has 0 spiro atoms. The molecule has 0 aliphatic heterocycles. The summed E-state index contributed by atoms with van der Waals surface area (Å²) in [6, 6.07) is 0. The van der Waals surface area contributed by atoms with E-state index in [1.165, 1.54) is 44.9 Å². The predicted molar refractivity (Wildman–Crippen MR) is 99.7 cm³/mol. The Bertz CT molecular complexity index is 550. The normalized spacial score (nSPS) is 36.6. The van der Waals surface area contributed by atoms with Gasteiger partial charge in [-0.25, -0.2) is 0 Å². The number of nitrogens with one attached hydrogen (secondary N) is 1. The van der Waals surface area contributed by atoms with Crippen molar-refractivity contribution in [1.82, 2.24) is 5.32 Å². The van der Waals surface area contributed by atoms with Gasteiger partial charge >= 0.3 is 0 Å². The highest BCUT2D eigenvalue weighted by molar-refractivity contribution is 5.30. The topological polar surface area (TPSA) is 32.3 Å². The van der Waals surface area contributed by atoms with E-state index in [0.717, 1.165) is 24.9 Å². The second kappa shape index (κ2) is 5.99. The van der Waals surface area contributed by atoms with Crippen LogP contribution in [0.5, 0.6) is 0 Å². The maximum absolute atomic E-state index is 11.2. The molecule has 3 saturated carbocycles. The summed E-state index contributed by atoms with van der Waals surface area (Å²) in [5, 5.41) is 14.9. The van der Waals surface area contributed by atoms with Crippen LogP contribution in [-0.4, -0.2) is 23.8 Å². The number of rotatable bonds is 8. The van der Waals surface area contributed by atoms with Gasteiger partial charge in [0.2, 0.25) is 0 Å². The quantitative estimate of drug-likeness (QED) is 0.689. The first-order valence-corrected chi connectivity index (χ1v) is 10.3. The van der Waals surface area contributed by atoms with E-state index in [9.17, 15) is 5.11 Å². The van der Waals surface area contributed by atoms with Crippen LogP contribution in [0.25, 0.3) is 0 Å². The molecule has 2 N–H and O–H groups in total. The SMILES string of the molecule is CCC1CC1C(C)(O)C1(CNCC2=CC=C(C3CC3)CC2C)CC1. The summed E-state index contributed by atoms with van der Waals surface area (Å²) in [5.41, 5.74) is 2.92. The van der Waals surface area contributed by atoms with Gasteiger partial charge in [0, 0.05) is 18.5 Å². The third kappa shape index (κ3) is 3.01. The smallest absolute Gasteiger partial charge is 0.0718 e. The first-order chi connectivity index (χ1) is 11.5. The summed E-state index contributed by atoms with van der Waals surface area (Å²) in [6.45, 7) is 8.74. The molecule has 3 fully saturated rings. The number of allylic oxidation sites excluding steroid dienone is 3. The van der Waals surface area contributed by atoms with Crippen LogP contribution in [0.3, 0.4) is 0 Å². The highest BCUT2D eigenvalue weighted by Crippen LogP contribution is 2.63. The molecule has 134 valence electrons. The highest BCUT2D eigenvalue weighted by atomic mass is 16.3. The lowest BCUT2D eigenvalue weighted by molar-refractivity contribution is -0.0400. The zero-order chi connectivity index (χ0) is 16.9. The molecule has 0 saturated heterocycles. The van der Waals surface area contributed by atoms with Crippen molar-refractivity contribution in [3.05, 3.63) is 23.3 Å². The molecule has 2 heteroatoms. The average Bonchev–Trinajstić information content (AvgIpc) is 3.42. The molecule has 0 amide bonds. The Morgan fingerprint density at radius 3 is 2.58 bits per heavy atom. The predicted octanol–water partition coefficient (Wildman–Crippen LogP) is 4.46. The Morgan fingerprint density at radius 2 is 2.04 bits per heavy atom. The van der Waals surface area contributed by atoms with Crippen molar-refractivity contribution in [3.8, 4) is 0 Å². The zero-order valence-electron chi connectivity index (χ0n) is 15.8. The molecular weight excluding hydrogens is 294 g/mol. The molecule has 4 rings (SSSR count). The van der Waals surface area contributed by atoms with Crippen LogP contribution < -0.4 is 5.32 Å². The van der Waals surface area contributed by atoms with Gasteiger partial charge in [-0.05, 0) is 69.1 Å². The number of hydrogen-bond donors (Lipinski definition) is 2. The lowest BCUT2D eigenvalue weighted by Gasteiger charge is -2.35. The van der Waals surface area contributed by atoms with E-state index in [1.54, 1.807) is 11.1 Å². The molecule has 0 bridgehead atoms. The van der Waals surface area contributed by atoms with E-state index in [1.807, 2.05) is 0 Å². The van der Waals surface area contributed by atoms with Crippen LogP contribution in [0.2, 0.25) is 0 Å². The molecule has 0 aromatic rings. The van der Waals surface area contributed by atoms with E-state index in [4.69, 9.17) is 0 Å². The summed E-state index contributed by atoms with van der Waals surface area (Å²) in [4.78, 5) is 0. The Morgan fingerprint density at radius 1 is 1.29 bits per heavy atom. The minimum atomic E-state index is -0.466. The van der Waals surface area contributed by atoms with E-state index in [0.29, 0.717) is 11.8 Å². The Balaban J connectivity index is 1.31. The maximum Gasteiger partial charge on any atom is 0.0718 e. The van der Waals surface area contributed by atoms with Crippen molar-refractivity contribution in [3.63, 3.8) is 0 Å². The van der Waals surface area contributed by atoms with Gasteiger partial charge in [-0.2, -0.15) is 0 Å². The molecule has 4 unspecified atom stereocenters. The standard InChI is InChI=1S/C22H35NO/c1-4-16-12-20(16)21(3,24)22(9-10-22)14-23-13-19-8-7-18(11-15(19)2)17-5-6-17/h7-8,15-17,20,23-24H,4-6,9-14H2,1-3H3. The van der Waals surface area contributed by atoms with Crippen molar-refractivity contribution in [1.29, 1.82) is 0 Å². The molecule has 24 heavy (non-hydrogen) atoms. The van der Waals surface area contributed by atoms with Crippen molar-refractivity contribution in [2.45, 2.75) is 71.3 Å². The van der Waals surface area contributed by atoms with Gasteiger partial charge < -0.3 is 10.4 Å².